The second kappa shape index (κ2) is 5.77. The Balaban J connectivity index is 1.81. The minimum atomic E-state index is -0.856. The molecule has 2 saturated carbocycles. The average Bonchev–Trinajstić information content (AvgIpc) is 2.69. The van der Waals surface area contributed by atoms with Gasteiger partial charge in [-0.05, 0) is 25.7 Å². The van der Waals surface area contributed by atoms with Gasteiger partial charge in [0, 0.05) is 13.2 Å². The number of nitrogens with one attached hydrogen (secondary N) is 2. The molecule has 2 rings (SSSR count). The number of aliphatic carboxylic acids is 1. The quantitative estimate of drug-likeness (QED) is 0.701. The Morgan fingerprint density at radius 3 is 2.47 bits per heavy atom. The predicted molar refractivity (Wildman–Crippen MR) is 68.9 cm³/mol. The number of methoxy groups -OCH3 is 1. The normalized spacial score (nSPS) is 28.5. The minimum Gasteiger partial charge on any atom is -0.481 e. The van der Waals surface area contributed by atoms with E-state index in [2.05, 4.69) is 10.6 Å². The molecule has 2 aliphatic carbocycles. The molecule has 0 aromatic carbocycles. The van der Waals surface area contributed by atoms with E-state index in [4.69, 9.17) is 9.84 Å². The monoisotopic (exact) mass is 270 g/mol. The van der Waals surface area contributed by atoms with Crippen molar-refractivity contribution in [3.63, 3.8) is 0 Å². The van der Waals surface area contributed by atoms with Crippen LogP contribution in [0.25, 0.3) is 0 Å². The Morgan fingerprint density at radius 2 is 1.95 bits per heavy atom. The van der Waals surface area contributed by atoms with E-state index in [1.165, 1.54) is 0 Å². The lowest BCUT2D eigenvalue weighted by molar-refractivity contribution is -0.138. The first-order chi connectivity index (χ1) is 9.03. The largest absolute Gasteiger partial charge is 0.481 e. The fraction of sp³-hybridized carbons (Fsp3) is 0.846. The molecule has 0 radical (unpaired) electrons. The van der Waals surface area contributed by atoms with Gasteiger partial charge in [0.25, 0.3) is 0 Å². The Labute approximate surface area is 112 Å². The van der Waals surface area contributed by atoms with Crippen LogP contribution in [0.2, 0.25) is 0 Å². The molecule has 108 valence electrons. The van der Waals surface area contributed by atoms with E-state index < -0.39 is 11.5 Å². The Morgan fingerprint density at radius 1 is 1.32 bits per heavy atom. The molecule has 3 N–H and O–H groups in total. The van der Waals surface area contributed by atoms with Gasteiger partial charge in [-0.2, -0.15) is 0 Å². The number of rotatable bonds is 5. The van der Waals surface area contributed by atoms with Crippen LogP contribution in [0.1, 0.15) is 44.9 Å². The highest BCUT2D eigenvalue weighted by Crippen LogP contribution is 2.32. The van der Waals surface area contributed by atoms with E-state index in [0.29, 0.717) is 0 Å². The second-order valence-electron chi connectivity index (χ2n) is 5.68. The smallest absolute Gasteiger partial charge is 0.315 e. The molecule has 2 amide bonds. The number of carboxylic acids is 1. The SMILES string of the molecule is COC1CC(NC(=O)NC2(CC(=O)O)CCCC2)C1. The van der Waals surface area contributed by atoms with Gasteiger partial charge in [0.05, 0.1) is 18.1 Å². The number of urea groups is 1. The third-order valence-electron chi connectivity index (χ3n) is 4.19. The van der Waals surface area contributed by atoms with Crippen LogP contribution >= 0.6 is 0 Å². The molecular formula is C13H22N2O4. The van der Waals surface area contributed by atoms with Crippen molar-refractivity contribution in [3.8, 4) is 0 Å². The van der Waals surface area contributed by atoms with Gasteiger partial charge in [-0.1, -0.05) is 12.8 Å². The van der Waals surface area contributed by atoms with Crippen molar-refractivity contribution in [1.82, 2.24) is 10.6 Å². The third kappa shape index (κ3) is 3.59. The molecule has 0 saturated heterocycles. The number of hydrogen-bond donors (Lipinski definition) is 3. The van der Waals surface area contributed by atoms with Crippen LogP contribution in [0.15, 0.2) is 0 Å². The van der Waals surface area contributed by atoms with E-state index >= 15 is 0 Å². The van der Waals surface area contributed by atoms with Crippen LogP contribution in [0.4, 0.5) is 4.79 Å². The highest BCUT2D eigenvalue weighted by atomic mass is 16.5. The number of amides is 2. The van der Waals surface area contributed by atoms with Gasteiger partial charge >= 0.3 is 12.0 Å². The molecule has 2 aliphatic rings. The van der Waals surface area contributed by atoms with Crippen LogP contribution < -0.4 is 10.6 Å². The van der Waals surface area contributed by atoms with Crippen molar-refractivity contribution in [2.24, 2.45) is 0 Å². The minimum absolute atomic E-state index is 0.00574. The summed E-state index contributed by atoms with van der Waals surface area (Å²) in [5, 5.41) is 14.7. The summed E-state index contributed by atoms with van der Waals surface area (Å²) in [6, 6.07) is -0.101. The summed E-state index contributed by atoms with van der Waals surface area (Å²) < 4.78 is 5.15. The molecule has 0 bridgehead atoms. The molecule has 0 spiro atoms. The van der Waals surface area contributed by atoms with Crippen molar-refractivity contribution in [2.45, 2.75) is 62.6 Å². The van der Waals surface area contributed by atoms with E-state index in [-0.39, 0.29) is 24.6 Å². The van der Waals surface area contributed by atoms with Gasteiger partial charge in [0.1, 0.15) is 0 Å². The Bertz CT molecular complexity index is 347. The highest BCUT2D eigenvalue weighted by Gasteiger charge is 2.38. The van der Waals surface area contributed by atoms with E-state index in [0.717, 1.165) is 38.5 Å². The molecule has 0 aromatic rings. The maximum Gasteiger partial charge on any atom is 0.315 e. The molecule has 0 unspecified atom stereocenters. The fourth-order valence-corrected chi connectivity index (χ4v) is 3.03. The summed E-state index contributed by atoms with van der Waals surface area (Å²) in [7, 11) is 1.67. The van der Waals surface area contributed by atoms with Crippen LogP contribution in [0.5, 0.6) is 0 Å². The molecule has 2 fully saturated rings. The van der Waals surface area contributed by atoms with Crippen LogP contribution in [-0.2, 0) is 9.53 Å². The van der Waals surface area contributed by atoms with Gasteiger partial charge in [-0.25, -0.2) is 4.79 Å². The fourth-order valence-electron chi connectivity index (χ4n) is 3.03. The van der Waals surface area contributed by atoms with Crippen molar-refractivity contribution >= 4 is 12.0 Å². The number of carbonyl (C=O) groups is 2. The van der Waals surface area contributed by atoms with E-state index in [1.807, 2.05) is 0 Å². The van der Waals surface area contributed by atoms with E-state index in [9.17, 15) is 9.59 Å². The van der Waals surface area contributed by atoms with Crippen LogP contribution in [0, 0.1) is 0 Å². The van der Waals surface area contributed by atoms with Crippen LogP contribution in [0.3, 0.4) is 0 Å². The van der Waals surface area contributed by atoms with Gasteiger partial charge in [0.15, 0.2) is 0 Å². The number of ether oxygens (including phenoxy) is 1. The zero-order chi connectivity index (χ0) is 13.9. The zero-order valence-electron chi connectivity index (χ0n) is 11.3. The standard InChI is InChI=1S/C13H22N2O4/c1-19-10-6-9(7-10)14-12(18)15-13(8-11(16)17)4-2-3-5-13/h9-10H,2-8H2,1H3,(H,16,17)(H2,14,15,18). The zero-order valence-corrected chi connectivity index (χ0v) is 11.3. The van der Waals surface area contributed by atoms with Gasteiger partial charge in [-0.15, -0.1) is 0 Å². The lowest BCUT2D eigenvalue weighted by Gasteiger charge is -2.36. The number of hydrogen-bond acceptors (Lipinski definition) is 3. The molecule has 0 aliphatic heterocycles. The highest BCUT2D eigenvalue weighted by molar-refractivity contribution is 5.77. The molecular weight excluding hydrogens is 248 g/mol. The first-order valence-corrected chi connectivity index (χ1v) is 6.86. The number of carboxylic acid groups (broad SMARTS) is 1. The average molecular weight is 270 g/mol. The predicted octanol–water partition coefficient (Wildman–Crippen LogP) is 1.25. The lowest BCUT2D eigenvalue weighted by Crippen LogP contribution is -2.56. The molecule has 6 nitrogen and oxygen atoms in total. The first kappa shape index (κ1) is 14.1. The molecule has 0 aromatic heterocycles. The van der Waals surface area contributed by atoms with Gasteiger partial charge in [-0.3, -0.25) is 4.79 Å². The van der Waals surface area contributed by atoms with Gasteiger partial charge in [0.2, 0.25) is 0 Å². The maximum atomic E-state index is 11.9. The summed E-state index contributed by atoms with van der Waals surface area (Å²) in [6.07, 6.45) is 5.35. The molecule has 6 heteroatoms. The second-order valence-corrected chi connectivity index (χ2v) is 5.68. The summed E-state index contributed by atoms with van der Waals surface area (Å²) in [5.74, 6) is -0.856. The third-order valence-corrected chi connectivity index (χ3v) is 4.19. The molecule has 0 heterocycles. The summed E-state index contributed by atoms with van der Waals surface area (Å²) in [6.45, 7) is 0. The Kier molecular flexibility index (Phi) is 4.29. The van der Waals surface area contributed by atoms with Gasteiger partial charge < -0.3 is 20.5 Å². The Hall–Kier alpha value is -1.30. The van der Waals surface area contributed by atoms with Crippen molar-refractivity contribution in [2.75, 3.05) is 7.11 Å². The first-order valence-electron chi connectivity index (χ1n) is 6.86. The van der Waals surface area contributed by atoms with Crippen molar-refractivity contribution in [3.05, 3.63) is 0 Å². The summed E-state index contributed by atoms with van der Waals surface area (Å²) in [5.41, 5.74) is -0.555. The molecule has 0 atom stereocenters. The molecule has 19 heavy (non-hydrogen) atoms. The van der Waals surface area contributed by atoms with Crippen molar-refractivity contribution in [1.29, 1.82) is 0 Å². The maximum absolute atomic E-state index is 11.9. The van der Waals surface area contributed by atoms with Crippen molar-refractivity contribution < 1.29 is 19.4 Å². The topological polar surface area (TPSA) is 87.7 Å². The lowest BCUT2D eigenvalue weighted by atomic mass is 9.89. The summed E-state index contributed by atoms with van der Waals surface area (Å²) in [4.78, 5) is 22.9. The van der Waals surface area contributed by atoms with Crippen LogP contribution in [-0.4, -0.2) is 41.9 Å². The van der Waals surface area contributed by atoms with E-state index in [1.54, 1.807) is 7.11 Å². The number of carbonyl (C=O) groups excluding carboxylic acids is 1. The summed E-state index contributed by atoms with van der Waals surface area (Å²) >= 11 is 0.